The number of nitrogens with zero attached hydrogens (tertiary/aromatic N) is 1. The van der Waals surface area contributed by atoms with Crippen molar-refractivity contribution >= 4 is 5.91 Å². The summed E-state index contributed by atoms with van der Waals surface area (Å²) in [6.07, 6.45) is 4.51. The van der Waals surface area contributed by atoms with E-state index in [4.69, 9.17) is 0 Å². The lowest BCUT2D eigenvalue weighted by Crippen LogP contribution is -2.35. The molecule has 0 unspecified atom stereocenters. The summed E-state index contributed by atoms with van der Waals surface area (Å²) in [5.74, 6) is 0.0394. The predicted molar refractivity (Wildman–Crippen MR) is 64.0 cm³/mol. The molecule has 0 fully saturated rings. The molecule has 1 heterocycles. The molecule has 0 aliphatic heterocycles. The second-order valence-electron chi connectivity index (χ2n) is 3.74. The van der Waals surface area contributed by atoms with Crippen molar-refractivity contribution in [1.82, 2.24) is 15.6 Å². The van der Waals surface area contributed by atoms with Crippen LogP contribution in [0.4, 0.5) is 0 Å². The number of amides is 1. The molecule has 1 rings (SSSR count). The van der Waals surface area contributed by atoms with Crippen molar-refractivity contribution in [2.45, 2.75) is 26.3 Å². The van der Waals surface area contributed by atoms with Crippen LogP contribution < -0.4 is 10.6 Å². The number of carbonyl (C=O) groups is 1. The van der Waals surface area contributed by atoms with Gasteiger partial charge in [0.15, 0.2) is 0 Å². The summed E-state index contributed by atoms with van der Waals surface area (Å²) in [5.41, 5.74) is 1.09. The smallest absolute Gasteiger partial charge is 0.233 e. The predicted octanol–water partition coefficient (Wildman–Crippen LogP) is 1.26. The van der Waals surface area contributed by atoms with Crippen molar-refractivity contribution in [1.29, 1.82) is 0 Å². The van der Waals surface area contributed by atoms with Crippen LogP contribution in [0.15, 0.2) is 24.5 Å². The van der Waals surface area contributed by atoms with Crippen LogP contribution in [0.5, 0.6) is 0 Å². The largest absolute Gasteiger partial charge is 0.355 e. The van der Waals surface area contributed by atoms with Crippen molar-refractivity contribution in [2.24, 2.45) is 0 Å². The number of nitrogens with one attached hydrogen (secondary N) is 2. The third-order valence-corrected chi connectivity index (χ3v) is 2.33. The molecule has 1 atom stereocenters. The van der Waals surface area contributed by atoms with Crippen molar-refractivity contribution in [3.63, 3.8) is 0 Å². The molecule has 2 N–H and O–H groups in total. The Morgan fingerprint density at radius 1 is 1.56 bits per heavy atom. The lowest BCUT2D eigenvalue weighted by atomic mass is 10.1. The van der Waals surface area contributed by atoms with Crippen LogP contribution in [0.2, 0.25) is 0 Å². The Morgan fingerprint density at radius 2 is 2.38 bits per heavy atom. The van der Waals surface area contributed by atoms with E-state index >= 15 is 0 Å². The average Bonchev–Trinajstić information content (AvgIpc) is 2.34. The minimum Gasteiger partial charge on any atom is -0.355 e. The standard InChI is InChI=1S/C12H19N3O/c1-3-6-14-12(16)9-15-10(2)11-5-4-7-13-8-11/h4-5,7-8,10,15H,3,6,9H2,1-2H3,(H,14,16)/t10-/m1/s1. The van der Waals surface area contributed by atoms with Gasteiger partial charge in [-0.05, 0) is 25.0 Å². The molecule has 0 aliphatic rings. The third-order valence-electron chi connectivity index (χ3n) is 2.33. The van der Waals surface area contributed by atoms with Gasteiger partial charge in [-0.2, -0.15) is 0 Å². The van der Waals surface area contributed by atoms with E-state index in [1.165, 1.54) is 0 Å². The molecular weight excluding hydrogens is 202 g/mol. The van der Waals surface area contributed by atoms with Crippen molar-refractivity contribution in [2.75, 3.05) is 13.1 Å². The maximum atomic E-state index is 11.3. The van der Waals surface area contributed by atoms with Gasteiger partial charge in [-0.1, -0.05) is 13.0 Å². The summed E-state index contributed by atoms with van der Waals surface area (Å²) in [6.45, 7) is 5.13. The number of hydrogen-bond donors (Lipinski definition) is 2. The summed E-state index contributed by atoms with van der Waals surface area (Å²) in [5, 5.41) is 5.98. The Hall–Kier alpha value is -1.42. The fraction of sp³-hybridized carbons (Fsp3) is 0.500. The maximum absolute atomic E-state index is 11.3. The number of carbonyl (C=O) groups excluding carboxylic acids is 1. The third kappa shape index (κ3) is 4.40. The zero-order valence-electron chi connectivity index (χ0n) is 9.86. The van der Waals surface area contributed by atoms with E-state index in [0.717, 1.165) is 18.5 Å². The van der Waals surface area contributed by atoms with E-state index < -0.39 is 0 Å². The number of aromatic nitrogens is 1. The van der Waals surface area contributed by atoms with Crippen LogP contribution in [0, 0.1) is 0 Å². The van der Waals surface area contributed by atoms with Gasteiger partial charge >= 0.3 is 0 Å². The monoisotopic (exact) mass is 221 g/mol. The molecule has 1 aromatic heterocycles. The highest BCUT2D eigenvalue weighted by Crippen LogP contribution is 2.08. The Balaban J connectivity index is 2.30. The molecule has 0 aromatic carbocycles. The lowest BCUT2D eigenvalue weighted by molar-refractivity contribution is -0.120. The summed E-state index contributed by atoms with van der Waals surface area (Å²) >= 11 is 0. The molecular formula is C12H19N3O. The molecule has 16 heavy (non-hydrogen) atoms. The van der Waals surface area contributed by atoms with Gasteiger partial charge in [0.1, 0.15) is 0 Å². The van der Waals surface area contributed by atoms with Gasteiger partial charge in [0.25, 0.3) is 0 Å². The van der Waals surface area contributed by atoms with Crippen LogP contribution in [0.25, 0.3) is 0 Å². The first-order chi connectivity index (χ1) is 7.74. The summed E-state index contributed by atoms with van der Waals surface area (Å²) in [6, 6.07) is 4.03. The average molecular weight is 221 g/mol. The quantitative estimate of drug-likeness (QED) is 0.760. The van der Waals surface area contributed by atoms with Crippen LogP contribution in [-0.2, 0) is 4.79 Å². The molecule has 0 radical (unpaired) electrons. The minimum atomic E-state index is 0.0394. The van der Waals surface area contributed by atoms with Crippen LogP contribution in [0.1, 0.15) is 31.9 Å². The second kappa shape index (κ2) is 6.95. The highest BCUT2D eigenvalue weighted by Gasteiger charge is 2.06. The molecule has 4 heteroatoms. The van der Waals surface area contributed by atoms with Gasteiger partial charge in [0.05, 0.1) is 6.54 Å². The zero-order valence-corrected chi connectivity index (χ0v) is 9.86. The van der Waals surface area contributed by atoms with E-state index in [1.807, 2.05) is 32.2 Å². The molecule has 88 valence electrons. The highest BCUT2D eigenvalue weighted by atomic mass is 16.1. The summed E-state index contributed by atoms with van der Waals surface area (Å²) < 4.78 is 0. The first kappa shape index (κ1) is 12.6. The first-order valence-electron chi connectivity index (χ1n) is 5.64. The molecule has 0 aliphatic carbocycles. The van der Waals surface area contributed by atoms with Crippen molar-refractivity contribution in [3.8, 4) is 0 Å². The van der Waals surface area contributed by atoms with E-state index in [9.17, 15) is 4.79 Å². The topological polar surface area (TPSA) is 54.0 Å². The van der Waals surface area contributed by atoms with Crippen LogP contribution in [-0.4, -0.2) is 24.0 Å². The summed E-state index contributed by atoms with van der Waals surface area (Å²) in [4.78, 5) is 15.4. The van der Waals surface area contributed by atoms with E-state index in [1.54, 1.807) is 6.20 Å². The van der Waals surface area contributed by atoms with Crippen LogP contribution in [0.3, 0.4) is 0 Å². The van der Waals surface area contributed by atoms with Gasteiger partial charge in [0.2, 0.25) is 5.91 Å². The van der Waals surface area contributed by atoms with Gasteiger partial charge in [-0.15, -0.1) is 0 Å². The lowest BCUT2D eigenvalue weighted by Gasteiger charge is -2.13. The van der Waals surface area contributed by atoms with Gasteiger partial charge in [-0.25, -0.2) is 0 Å². The van der Waals surface area contributed by atoms with E-state index in [0.29, 0.717) is 6.54 Å². The zero-order chi connectivity index (χ0) is 11.8. The molecule has 0 spiro atoms. The van der Waals surface area contributed by atoms with E-state index in [2.05, 4.69) is 15.6 Å². The Kier molecular flexibility index (Phi) is 5.50. The Bertz CT molecular complexity index is 313. The summed E-state index contributed by atoms with van der Waals surface area (Å²) in [7, 11) is 0. The normalized spacial score (nSPS) is 12.1. The molecule has 1 amide bonds. The fourth-order valence-electron chi connectivity index (χ4n) is 1.32. The minimum absolute atomic E-state index is 0.0394. The molecule has 0 saturated heterocycles. The second-order valence-corrected chi connectivity index (χ2v) is 3.74. The first-order valence-corrected chi connectivity index (χ1v) is 5.64. The van der Waals surface area contributed by atoms with Gasteiger partial charge in [0, 0.05) is 25.0 Å². The molecule has 0 bridgehead atoms. The molecule has 4 nitrogen and oxygen atoms in total. The Morgan fingerprint density at radius 3 is 3.00 bits per heavy atom. The number of rotatable bonds is 6. The van der Waals surface area contributed by atoms with Gasteiger partial charge in [-0.3, -0.25) is 9.78 Å². The highest BCUT2D eigenvalue weighted by molar-refractivity contribution is 5.77. The Labute approximate surface area is 96.5 Å². The van der Waals surface area contributed by atoms with Crippen molar-refractivity contribution in [3.05, 3.63) is 30.1 Å². The fourth-order valence-corrected chi connectivity index (χ4v) is 1.32. The number of pyridine rings is 1. The molecule has 1 aromatic rings. The maximum Gasteiger partial charge on any atom is 0.233 e. The van der Waals surface area contributed by atoms with Crippen LogP contribution >= 0.6 is 0 Å². The molecule has 0 saturated carbocycles. The van der Waals surface area contributed by atoms with Gasteiger partial charge < -0.3 is 10.6 Å². The SMILES string of the molecule is CCCNC(=O)CN[C@H](C)c1cccnc1. The van der Waals surface area contributed by atoms with Crippen molar-refractivity contribution < 1.29 is 4.79 Å². The number of hydrogen-bond acceptors (Lipinski definition) is 3. The van der Waals surface area contributed by atoms with E-state index in [-0.39, 0.29) is 11.9 Å².